The highest BCUT2D eigenvalue weighted by molar-refractivity contribution is 5.97. The number of Topliss-reactive ketones (excluding diaryl/α,β-unsaturated/α-hetero) is 1. The Balaban J connectivity index is 1.52. The van der Waals surface area contributed by atoms with Crippen molar-refractivity contribution in [3.05, 3.63) is 58.8 Å². The Morgan fingerprint density at radius 3 is 2.29 bits per heavy atom. The van der Waals surface area contributed by atoms with Crippen molar-refractivity contribution in [2.24, 2.45) is 11.8 Å². The summed E-state index contributed by atoms with van der Waals surface area (Å²) in [6, 6.07) is 4.83. The number of aryl methyl sites for hydroxylation is 1. The van der Waals surface area contributed by atoms with E-state index in [2.05, 4.69) is 22.5 Å². The molecule has 10 heteroatoms. The summed E-state index contributed by atoms with van der Waals surface area (Å²) in [5, 5.41) is 5.81. The Kier molecular flexibility index (Phi) is 11.9. The number of nitrogens with zero attached hydrogens (tertiary/aromatic N) is 2. The molecule has 1 aromatic carbocycles. The van der Waals surface area contributed by atoms with E-state index in [1.807, 2.05) is 20.9 Å². The molecule has 2 heterocycles. The number of likely N-dealkylation sites (N-methyl/N-ethyl adjacent to an activating group) is 1. The van der Waals surface area contributed by atoms with Crippen molar-refractivity contribution in [1.82, 2.24) is 20.4 Å². The number of carbonyl (C=O) groups excluding carboxylic acids is 4. The normalized spacial score (nSPS) is 21.1. The highest BCUT2D eigenvalue weighted by Gasteiger charge is 2.35. The monoisotopic (exact) mass is 624 g/mol. The number of carbonyl (C=O) groups is 4. The maximum atomic E-state index is 15.7. The van der Waals surface area contributed by atoms with Crippen molar-refractivity contribution in [2.75, 3.05) is 33.2 Å². The second kappa shape index (κ2) is 15.7. The number of benzene rings is 1. The molecule has 45 heavy (non-hydrogen) atoms. The topological polar surface area (TPSA) is 112 Å². The molecule has 9 nitrogen and oxygen atoms in total. The predicted molar refractivity (Wildman–Crippen MR) is 170 cm³/mol. The summed E-state index contributed by atoms with van der Waals surface area (Å²) in [5.74, 6) is -1.42. The van der Waals surface area contributed by atoms with Gasteiger partial charge in [-0.1, -0.05) is 52.7 Å². The Labute approximate surface area is 266 Å². The van der Waals surface area contributed by atoms with Crippen molar-refractivity contribution >= 4 is 23.5 Å². The van der Waals surface area contributed by atoms with Crippen LogP contribution in [0.3, 0.4) is 0 Å². The zero-order valence-electron chi connectivity index (χ0n) is 27.4. The standard InChI is InChI=1S/C35H49FN4O5/c1-6-24-14-19-45-33(24)34(43)38-32(25-10-8-22(3)9-11-25)29(41)21-27-13-12-26(20-28(27)36)23(4)31(37-30(42)7-2)35(44)40-17-15-39(5)16-18-40/h12-14,19-20,22-23,25,31-32H,6-11,15-18,21H2,1-5H3,(H,37,42)(H,38,43)/t22?,23-,25?,31+,32-/m0/s1. The van der Waals surface area contributed by atoms with E-state index in [0.717, 1.165) is 44.3 Å². The fraction of sp³-hybridized carbons (Fsp3) is 0.600. The molecule has 2 fully saturated rings. The molecule has 3 atom stereocenters. The summed E-state index contributed by atoms with van der Waals surface area (Å²) in [5.41, 5.74) is 1.56. The molecule has 0 spiro atoms. The highest BCUT2D eigenvalue weighted by atomic mass is 19.1. The third-order valence-electron chi connectivity index (χ3n) is 9.69. The molecule has 2 N–H and O–H groups in total. The third-order valence-corrected chi connectivity index (χ3v) is 9.69. The second-order valence-electron chi connectivity index (χ2n) is 12.9. The molecule has 1 saturated heterocycles. The van der Waals surface area contributed by atoms with E-state index >= 15 is 4.39 Å². The molecule has 2 aromatic rings. The smallest absolute Gasteiger partial charge is 0.287 e. The fourth-order valence-corrected chi connectivity index (χ4v) is 6.48. The summed E-state index contributed by atoms with van der Waals surface area (Å²) in [7, 11) is 2.00. The Bertz CT molecular complexity index is 1340. The van der Waals surface area contributed by atoms with Crippen molar-refractivity contribution in [1.29, 1.82) is 0 Å². The van der Waals surface area contributed by atoms with Gasteiger partial charge < -0.3 is 24.9 Å². The number of halogens is 1. The van der Waals surface area contributed by atoms with Crippen molar-refractivity contribution < 1.29 is 28.0 Å². The number of hydrogen-bond donors (Lipinski definition) is 2. The van der Waals surface area contributed by atoms with E-state index in [-0.39, 0.29) is 47.7 Å². The molecular weight excluding hydrogens is 575 g/mol. The maximum Gasteiger partial charge on any atom is 0.287 e. The number of hydrogen-bond acceptors (Lipinski definition) is 6. The number of rotatable bonds is 12. The molecule has 3 amide bonds. The van der Waals surface area contributed by atoms with Gasteiger partial charge in [-0.3, -0.25) is 19.2 Å². The molecule has 2 aliphatic rings. The number of amides is 3. The number of ketones is 1. The van der Waals surface area contributed by atoms with Crippen LogP contribution in [0.5, 0.6) is 0 Å². The van der Waals surface area contributed by atoms with Crippen molar-refractivity contribution in [2.45, 2.75) is 90.6 Å². The Morgan fingerprint density at radius 1 is 0.978 bits per heavy atom. The number of furan rings is 1. The van der Waals surface area contributed by atoms with Crippen LogP contribution in [-0.4, -0.2) is 78.6 Å². The summed E-state index contributed by atoms with van der Waals surface area (Å²) < 4.78 is 21.1. The van der Waals surface area contributed by atoms with E-state index < -0.39 is 29.7 Å². The van der Waals surface area contributed by atoms with E-state index in [1.54, 1.807) is 30.0 Å². The molecule has 1 saturated carbocycles. The van der Waals surface area contributed by atoms with Gasteiger partial charge >= 0.3 is 0 Å². The van der Waals surface area contributed by atoms with Crippen LogP contribution in [0.4, 0.5) is 4.39 Å². The molecule has 4 rings (SSSR count). The van der Waals surface area contributed by atoms with Gasteiger partial charge in [0, 0.05) is 50.5 Å². The first-order chi connectivity index (χ1) is 21.5. The summed E-state index contributed by atoms with van der Waals surface area (Å²) in [4.78, 5) is 56.8. The zero-order chi connectivity index (χ0) is 32.7. The van der Waals surface area contributed by atoms with Crippen LogP contribution in [-0.2, 0) is 27.2 Å². The van der Waals surface area contributed by atoms with Crippen molar-refractivity contribution in [3.8, 4) is 0 Å². The first-order valence-corrected chi connectivity index (χ1v) is 16.5. The first-order valence-electron chi connectivity index (χ1n) is 16.5. The van der Waals surface area contributed by atoms with Crippen LogP contribution < -0.4 is 10.6 Å². The van der Waals surface area contributed by atoms with E-state index in [4.69, 9.17) is 4.42 Å². The first kappa shape index (κ1) is 34.3. The minimum Gasteiger partial charge on any atom is -0.459 e. The van der Waals surface area contributed by atoms with Crippen LogP contribution in [0, 0.1) is 17.7 Å². The van der Waals surface area contributed by atoms with Crippen LogP contribution in [0.15, 0.2) is 34.9 Å². The summed E-state index contributed by atoms with van der Waals surface area (Å²) >= 11 is 0. The molecule has 0 bridgehead atoms. The van der Waals surface area contributed by atoms with Crippen LogP contribution in [0.25, 0.3) is 0 Å². The summed E-state index contributed by atoms with van der Waals surface area (Å²) in [6.45, 7) is 10.3. The lowest BCUT2D eigenvalue weighted by molar-refractivity contribution is -0.138. The average molecular weight is 625 g/mol. The largest absolute Gasteiger partial charge is 0.459 e. The lowest BCUT2D eigenvalue weighted by atomic mass is 9.77. The molecule has 1 aromatic heterocycles. The average Bonchev–Trinajstić information content (AvgIpc) is 3.53. The lowest BCUT2D eigenvalue weighted by Crippen LogP contribution is -2.55. The molecule has 0 radical (unpaired) electrons. The Morgan fingerprint density at radius 2 is 1.67 bits per heavy atom. The van der Waals surface area contributed by atoms with E-state index in [1.165, 1.54) is 12.3 Å². The van der Waals surface area contributed by atoms with Gasteiger partial charge in [0.25, 0.3) is 5.91 Å². The SMILES string of the molecule is CCC(=O)N[C@@H](C(=O)N1CCN(C)CC1)[C@@H](C)c1ccc(CC(=O)[C@@H](NC(=O)c2occc2CC)C2CCC(C)CC2)c(F)c1. The zero-order valence-corrected chi connectivity index (χ0v) is 27.4. The van der Waals surface area contributed by atoms with E-state index in [0.29, 0.717) is 31.0 Å². The molecule has 1 aliphatic carbocycles. The predicted octanol–water partition coefficient (Wildman–Crippen LogP) is 4.49. The molecule has 246 valence electrons. The minimum atomic E-state index is -0.837. The van der Waals surface area contributed by atoms with Gasteiger partial charge in [0.05, 0.1) is 12.3 Å². The highest BCUT2D eigenvalue weighted by Crippen LogP contribution is 2.32. The Hall–Kier alpha value is -3.53. The quantitative estimate of drug-likeness (QED) is 0.360. The maximum absolute atomic E-state index is 15.7. The van der Waals surface area contributed by atoms with Gasteiger partial charge in [0.15, 0.2) is 11.5 Å². The van der Waals surface area contributed by atoms with Gasteiger partial charge in [-0.2, -0.15) is 0 Å². The van der Waals surface area contributed by atoms with Crippen LogP contribution >= 0.6 is 0 Å². The number of nitrogens with one attached hydrogen (secondary N) is 2. The minimum absolute atomic E-state index is 0.0384. The third kappa shape index (κ3) is 8.60. The fourth-order valence-electron chi connectivity index (χ4n) is 6.48. The van der Waals surface area contributed by atoms with Gasteiger partial charge in [-0.25, -0.2) is 4.39 Å². The number of piperazine rings is 1. The molecular formula is C35H49FN4O5. The van der Waals surface area contributed by atoms with Gasteiger partial charge in [0.1, 0.15) is 11.9 Å². The lowest BCUT2D eigenvalue weighted by Gasteiger charge is -2.36. The van der Waals surface area contributed by atoms with Crippen LogP contribution in [0.2, 0.25) is 0 Å². The van der Waals surface area contributed by atoms with Gasteiger partial charge in [-0.15, -0.1) is 0 Å². The van der Waals surface area contributed by atoms with Crippen LogP contribution in [0.1, 0.15) is 93.0 Å². The molecule has 0 unspecified atom stereocenters. The van der Waals surface area contributed by atoms with E-state index in [9.17, 15) is 19.2 Å². The van der Waals surface area contributed by atoms with Gasteiger partial charge in [0.2, 0.25) is 11.8 Å². The van der Waals surface area contributed by atoms with Gasteiger partial charge in [-0.05, 0) is 61.4 Å². The second-order valence-corrected chi connectivity index (χ2v) is 12.9. The molecule has 1 aliphatic heterocycles. The summed E-state index contributed by atoms with van der Waals surface area (Å²) in [6.07, 6.45) is 5.70. The van der Waals surface area contributed by atoms with Crippen molar-refractivity contribution in [3.63, 3.8) is 0 Å².